The van der Waals surface area contributed by atoms with Gasteiger partial charge in [0.05, 0.1) is 5.56 Å². The van der Waals surface area contributed by atoms with Crippen LogP contribution >= 0.6 is 11.3 Å². The molecule has 0 fully saturated rings. The molecule has 0 saturated heterocycles. The van der Waals surface area contributed by atoms with Crippen LogP contribution in [-0.4, -0.2) is 5.97 Å². The number of carbonyl (C=O) groups is 1. The molecule has 1 heterocycles. The number of ether oxygens (including phenoxy) is 1. The Bertz CT molecular complexity index is 477. The second-order valence-corrected chi connectivity index (χ2v) is 4.59. The van der Waals surface area contributed by atoms with Crippen LogP contribution in [0, 0.1) is 0 Å². The summed E-state index contributed by atoms with van der Waals surface area (Å²) in [6.45, 7) is 0.805. The van der Waals surface area contributed by atoms with Gasteiger partial charge in [-0.1, -0.05) is 18.2 Å². The first-order chi connectivity index (χ1) is 8.29. The molecule has 17 heavy (non-hydrogen) atoms. The largest absolute Gasteiger partial charge is 0.456 e. The van der Waals surface area contributed by atoms with Crippen LogP contribution in [0.25, 0.3) is 0 Å². The minimum Gasteiger partial charge on any atom is -0.456 e. The molecule has 0 saturated carbocycles. The van der Waals surface area contributed by atoms with Gasteiger partial charge in [0, 0.05) is 11.4 Å². The Hall–Kier alpha value is -1.65. The van der Waals surface area contributed by atoms with Crippen molar-refractivity contribution in [3.63, 3.8) is 0 Å². The Morgan fingerprint density at radius 1 is 1.24 bits per heavy atom. The van der Waals surface area contributed by atoms with Gasteiger partial charge in [0.2, 0.25) is 0 Å². The lowest BCUT2D eigenvalue weighted by molar-refractivity contribution is 0.0477. The number of hydrogen-bond acceptors (Lipinski definition) is 4. The molecule has 0 aliphatic rings. The summed E-state index contributed by atoms with van der Waals surface area (Å²) in [7, 11) is 0. The molecule has 2 N–H and O–H groups in total. The summed E-state index contributed by atoms with van der Waals surface area (Å²) >= 11 is 1.57. The van der Waals surface area contributed by atoms with Crippen molar-refractivity contribution >= 4 is 17.3 Å². The SMILES string of the molecule is NCc1ccc(C(=O)OCc2cccs2)cc1. The summed E-state index contributed by atoms with van der Waals surface area (Å²) < 4.78 is 5.19. The zero-order valence-electron chi connectivity index (χ0n) is 9.26. The van der Waals surface area contributed by atoms with E-state index in [1.54, 1.807) is 23.5 Å². The summed E-state index contributed by atoms with van der Waals surface area (Å²) in [6, 6.07) is 11.0. The van der Waals surface area contributed by atoms with E-state index < -0.39 is 0 Å². The monoisotopic (exact) mass is 247 g/mol. The maximum atomic E-state index is 11.7. The molecule has 0 atom stereocenters. The molecule has 0 aliphatic carbocycles. The van der Waals surface area contributed by atoms with Gasteiger partial charge < -0.3 is 10.5 Å². The predicted molar refractivity (Wildman–Crippen MR) is 67.8 cm³/mol. The van der Waals surface area contributed by atoms with Crippen molar-refractivity contribution in [2.45, 2.75) is 13.2 Å². The third-order valence-corrected chi connectivity index (χ3v) is 3.20. The van der Waals surface area contributed by atoms with Gasteiger partial charge in [-0.05, 0) is 29.1 Å². The minimum atomic E-state index is -0.304. The molecule has 3 nitrogen and oxygen atoms in total. The van der Waals surface area contributed by atoms with Crippen LogP contribution in [0.5, 0.6) is 0 Å². The molecule has 0 aliphatic heterocycles. The Labute approximate surface area is 104 Å². The maximum absolute atomic E-state index is 11.7. The van der Waals surface area contributed by atoms with Crippen LogP contribution in [-0.2, 0) is 17.9 Å². The van der Waals surface area contributed by atoms with Crippen molar-refractivity contribution in [2.75, 3.05) is 0 Å². The first-order valence-corrected chi connectivity index (χ1v) is 6.16. The molecule has 0 bridgehead atoms. The van der Waals surface area contributed by atoms with Gasteiger partial charge in [0.1, 0.15) is 6.61 Å². The number of carbonyl (C=O) groups excluding carboxylic acids is 1. The van der Waals surface area contributed by atoms with Crippen LogP contribution in [0.3, 0.4) is 0 Å². The molecular formula is C13H13NO2S. The molecule has 1 aromatic carbocycles. The fraction of sp³-hybridized carbons (Fsp3) is 0.154. The lowest BCUT2D eigenvalue weighted by Gasteiger charge is -2.04. The van der Waals surface area contributed by atoms with Crippen molar-refractivity contribution in [1.29, 1.82) is 0 Å². The van der Waals surface area contributed by atoms with Crippen LogP contribution in [0.4, 0.5) is 0 Å². The lowest BCUT2D eigenvalue weighted by Crippen LogP contribution is -2.05. The van der Waals surface area contributed by atoms with Crippen molar-refractivity contribution in [1.82, 2.24) is 0 Å². The van der Waals surface area contributed by atoms with Crippen LogP contribution in [0.15, 0.2) is 41.8 Å². The average Bonchev–Trinajstić information content (AvgIpc) is 2.89. The molecule has 0 spiro atoms. The van der Waals surface area contributed by atoms with Crippen molar-refractivity contribution < 1.29 is 9.53 Å². The van der Waals surface area contributed by atoms with E-state index in [1.165, 1.54) is 0 Å². The molecule has 1 aromatic heterocycles. The van der Waals surface area contributed by atoms with Gasteiger partial charge >= 0.3 is 5.97 Å². The van der Waals surface area contributed by atoms with Gasteiger partial charge in [0.25, 0.3) is 0 Å². The summed E-state index contributed by atoms with van der Waals surface area (Å²) in [5.74, 6) is -0.304. The number of rotatable bonds is 4. The van der Waals surface area contributed by atoms with Crippen molar-refractivity contribution in [3.8, 4) is 0 Å². The quantitative estimate of drug-likeness (QED) is 0.845. The van der Waals surface area contributed by atoms with Gasteiger partial charge in [-0.15, -0.1) is 11.3 Å². The van der Waals surface area contributed by atoms with Gasteiger partial charge in [-0.2, -0.15) is 0 Å². The fourth-order valence-electron chi connectivity index (χ4n) is 1.39. The van der Waals surface area contributed by atoms with E-state index in [0.29, 0.717) is 18.7 Å². The summed E-state index contributed by atoms with van der Waals surface area (Å²) in [5.41, 5.74) is 7.04. The molecule has 0 radical (unpaired) electrons. The van der Waals surface area contributed by atoms with E-state index >= 15 is 0 Å². The Morgan fingerprint density at radius 3 is 2.59 bits per heavy atom. The van der Waals surface area contributed by atoms with E-state index in [0.717, 1.165) is 10.4 Å². The molecular weight excluding hydrogens is 234 g/mol. The van der Waals surface area contributed by atoms with E-state index in [9.17, 15) is 4.79 Å². The first kappa shape index (κ1) is 11.8. The number of nitrogens with two attached hydrogens (primary N) is 1. The standard InChI is InChI=1S/C13H13NO2S/c14-8-10-3-5-11(6-4-10)13(15)16-9-12-2-1-7-17-12/h1-7H,8-9,14H2. The predicted octanol–water partition coefficient (Wildman–Crippen LogP) is 2.56. The van der Waals surface area contributed by atoms with Gasteiger partial charge in [0.15, 0.2) is 0 Å². The third kappa shape index (κ3) is 3.15. The normalized spacial score (nSPS) is 10.2. The van der Waals surface area contributed by atoms with E-state index in [1.807, 2.05) is 29.6 Å². The number of thiophene rings is 1. The Morgan fingerprint density at radius 2 is 2.00 bits per heavy atom. The molecule has 88 valence electrons. The highest BCUT2D eigenvalue weighted by atomic mass is 32.1. The Kier molecular flexibility index (Phi) is 3.90. The van der Waals surface area contributed by atoms with Crippen molar-refractivity contribution in [3.05, 3.63) is 57.8 Å². The first-order valence-electron chi connectivity index (χ1n) is 5.28. The third-order valence-electron chi connectivity index (χ3n) is 2.35. The molecule has 4 heteroatoms. The van der Waals surface area contributed by atoms with Gasteiger partial charge in [-0.3, -0.25) is 0 Å². The highest BCUT2D eigenvalue weighted by molar-refractivity contribution is 7.09. The van der Waals surface area contributed by atoms with E-state index in [-0.39, 0.29) is 5.97 Å². The van der Waals surface area contributed by atoms with E-state index in [2.05, 4.69) is 0 Å². The zero-order chi connectivity index (χ0) is 12.1. The highest BCUT2D eigenvalue weighted by Gasteiger charge is 2.07. The molecule has 0 amide bonds. The zero-order valence-corrected chi connectivity index (χ0v) is 10.1. The number of esters is 1. The number of benzene rings is 1. The Balaban J connectivity index is 1.95. The summed E-state index contributed by atoms with van der Waals surface area (Å²) in [4.78, 5) is 12.7. The molecule has 2 aromatic rings. The topological polar surface area (TPSA) is 52.3 Å². The summed E-state index contributed by atoms with van der Waals surface area (Å²) in [6.07, 6.45) is 0. The fourth-order valence-corrected chi connectivity index (χ4v) is 2.01. The second-order valence-electron chi connectivity index (χ2n) is 3.56. The van der Waals surface area contributed by atoms with E-state index in [4.69, 9.17) is 10.5 Å². The maximum Gasteiger partial charge on any atom is 0.338 e. The van der Waals surface area contributed by atoms with Crippen molar-refractivity contribution in [2.24, 2.45) is 5.73 Å². The van der Waals surface area contributed by atoms with Crippen LogP contribution < -0.4 is 5.73 Å². The number of hydrogen-bond donors (Lipinski definition) is 1. The smallest absolute Gasteiger partial charge is 0.338 e. The lowest BCUT2D eigenvalue weighted by atomic mass is 10.1. The van der Waals surface area contributed by atoms with Crippen LogP contribution in [0.1, 0.15) is 20.8 Å². The highest BCUT2D eigenvalue weighted by Crippen LogP contribution is 2.12. The van der Waals surface area contributed by atoms with Crippen LogP contribution in [0.2, 0.25) is 0 Å². The molecule has 0 unspecified atom stereocenters. The summed E-state index contributed by atoms with van der Waals surface area (Å²) in [5, 5.41) is 1.96. The minimum absolute atomic E-state index is 0.304. The average molecular weight is 247 g/mol. The second kappa shape index (κ2) is 5.61. The van der Waals surface area contributed by atoms with Gasteiger partial charge in [-0.25, -0.2) is 4.79 Å². The molecule has 2 rings (SSSR count).